The zero-order valence-electron chi connectivity index (χ0n) is 11.2. The highest BCUT2D eigenvalue weighted by Gasteiger charge is 2.90. The Balaban J connectivity index is 1.57. The van der Waals surface area contributed by atoms with Gasteiger partial charge in [-0.1, -0.05) is 18.2 Å². The van der Waals surface area contributed by atoms with E-state index < -0.39 is 0 Å². The first-order valence-electron chi connectivity index (χ1n) is 7.82. The van der Waals surface area contributed by atoms with Crippen LogP contribution in [-0.2, 0) is 0 Å². The van der Waals surface area contributed by atoms with Gasteiger partial charge in [0, 0.05) is 0 Å². The van der Waals surface area contributed by atoms with Crippen LogP contribution >= 0.6 is 0 Å². The maximum absolute atomic E-state index is 12.8. The molecule has 2 aromatic rings. The third-order valence-electron chi connectivity index (χ3n) is 7.27. The topological polar surface area (TPSA) is 48.9 Å². The quantitative estimate of drug-likeness (QED) is 0.769. The zero-order chi connectivity index (χ0) is 13.6. The van der Waals surface area contributed by atoms with Crippen molar-refractivity contribution in [1.82, 2.24) is 13.9 Å². The molecule has 2 aliphatic heterocycles. The molecule has 5 heteroatoms. The summed E-state index contributed by atoms with van der Waals surface area (Å²) in [5.74, 6) is 4.63. The van der Waals surface area contributed by atoms with Crippen molar-refractivity contribution in [2.24, 2.45) is 35.5 Å². The van der Waals surface area contributed by atoms with Crippen molar-refractivity contribution < 1.29 is 0 Å². The van der Waals surface area contributed by atoms with Crippen molar-refractivity contribution in [3.63, 3.8) is 0 Å². The Morgan fingerprint density at radius 2 is 1.14 bits per heavy atom. The summed E-state index contributed by atoms with van der Waals surface area (Å²) in [5, 5.41) is 0. The summed E-state index contributed by atoms with van der Waals surface area (Å²) in [7, 11) is 0. The number of para-hydroxylation sites is 1. The molecule has 4 unspecified atom stereocenters. The van der Waals surface area contributed by atoms with Crippen molar-refractivity contribution in [2.75, 3.05) is 0 Å². The Kier molecular flexibility index (Phi) is 1.19. The first-order chi connectivity index (χ1) is 10.3. The van der Waals surface area contributed by atoms with Gasteiger partial charge < -0.3 is 0 Å². The molecule has 1 aromatic heterocycles. The molecule has 21 heavy (non-hydrogen) atoms. The summed E-state index contributed by atoms with van der Waals surface area (Å²) in [6, 6.07) is 9.97. The van der Waals surface area contributed by atoms with E-state index in [2.05, 4.69) is 0 Å². The maximum atomic E-state index is 12.8. The number of hydrogen-bond donors (Lipinski definition) is 0. The molecule has 104 valence electrons. The normalized spacial score (nSPS) is 48.4. The van der Waals surface area contributed by atoms with Gasteiger partial charge in [-0.2, -0.15) is 0 Å². The van der Waals surface area contributed by atoms with E-state index in [1.54, 1.807) is 0 Å². The fourth-order valence-corrected chi connectivity index (χ4v) is 6.78. The molecule has 2 bridgehead atoms. The van der Waals surface area contributed by atoms with Gasteiger partial charge in [0.05, 0.1) is 17.8 Å². The number of benzene rings is 1. The van der Waals surface area contributed by atoms with Gasteiger partial charge in [0.25, 0.3) is 0 Å². The van der Waals surface area contributed by atoms with Gasteiger partial charge in [-0.05, 0) is 47.6 Å². The summed E-state index contributed by atoms with van der Waals surface area (Å²) < 4.78 is 4.99. The molecule has 1 aromatic carbocycles. The van der Waals surface area contributed by atoms with Crippen molar-refractivity contribution in [3.05, 3.63) is 51.3 Å². The van der Waals surface area contributed by atoms with Crippen LogP contribution in [0.4, 0.5) is 0 Å². The lowest BCUT2D eigenvalue weighted by molar-refractivity contribution is -0.450. The van der Waals surface area contributed by atoms with Gasteiger partial charge in [0.2, 0.25) is 0 Å². The Bertz CT molecular complexity index is 875. The molecule has 4 aliphatic carbocycles. The smallest absolute Gasteiger partial charge is 0.245 e. The van der Waals surface area contributed by atoms with Gasteiger partial charge in [-0.15, -0.1) is 0 Å². The van der Waals surface area contributed by atoms with E-state index in [4.69, 9.17) is 0 Å². The van der Waals surface area contributed by atoms with E-state index in [-0.39, 0.29) is 11.4 Å². The summed E-state index contributed by atoms with van der Waals surface area (Å²) >= 11 is 0. The summed E-state index contributed by atoms with van der Waals surface area (Å²) in [6.45, 7) is 0. The molecule has 5 nitrogen and oxygen atoms in total. The lowest BCUT2D eigenvalue weighted by Crippen LogP contribution is -2.91. The van der Waals surface area contributed by atoms with Crippen LogP contribution in [0.25, 0.3) is 5.69 Å². The third-order valence-corrected chi connectivity index (χ3v) is 7.27. The minimum absolute atomic E-state index is 0.132. The number of rotatable bonds is 1. The molecule has 6 aliphatic rings. The fourth-order valence-electron chi connectivity index (χ4n) is 6.78. The van der Waals surface area contributed by atoms with E-state index in [9.17, 15) is 9.59 Å². The highest BCUT2D eigenvalue weighted by atomic mass is 16.2. The Labute approximate surface area is 119 Å². The summed E-state index contributed by atoms with van der Waals surface area (Å²) in [4.78, 5) is 25.7. The average molecular weight is 279 g/mol. The zero-order valence-corrected chi connectivity index (χ0v) is 11.2. The van der Waals surface area contributed by atoms with Crippen LogP contribution in [0.1, 0.15) is 12.1 Å². The summed E-state index contributed by atoms with van der Waals surface area (Å²) in [6.07, 6.45) is 0. The van der Waals surface area contributed by atoms with Crippen LogP contribution in [0.5, 0.6) is 0 Å². The molecule has 0 radical (unpaired) electrons. The van der Waals surface area contributed by atoms with Gasteiger partial charge in [0.15, 0.2) is 0 Å². The SMILES string of the molecule is O=c1n(-c2ccccc2)c(=O)n2n1C1[C@H]3C4C5[C@H](C2[C@H]53)[C@@H]41. The second-order valence-corrected chi connectivity index (χ2v) is 7.37. The summed E-state index contributed by atoms with van der Waals surface area (Å²) in [5.41, 5.74) is 0.426. The third kappa shape index (κ3) is 0.681. The fraction of sp³-hybridized carbons (Fsp3) is 0.500. The highest BCUT2D eigenvalue weighted by Crippen LogP contribution is 2.91. The van der Waals surface area contributed by atoms with E-state index in [1.807, 2.05) is 39.7 Å². The molecular weight excluding hydrogens is 266 g/mol. The molecule has 8 atom stereocenters. The predicted molar refractivity (Wildman–Crippen MR) is 73.3 cm³/mol. The molecule has 0 amide bonds. The molecule has 0 spiro atoms. The number of hydrogen-bond acceptors (Lipinski definition) is 2. The molecule has 4 saturated carbocycles. The predicted octanol–water partition coefficient (Wildman–Crippen LogP) is 0.648. The van der Waals surface area contributed by atoms with E-state index in [0.29, 0.717) is 41.4 Å². The Hall–Kier alpha value is -2.04. The second-order valence-electron chi connectivity index (χ2n) is 7.37. The molecule has 0 N–H and O–H groups in total. The largest absolute Gasteiger partial charge is 0.352 e. The number of nitrogens with zero attached hydrogens (tertiary/aromatic N) is 3. The Morgan fingerprint density at radius 1 is 0.667 bits per heavy atom. The second kappa shape index (κ2) is 2.56. The standard InChI is InChI=1S/C16H13N3O2/c20-15-17(6-4-2-1-3-5-6)16(21)19-14-11-8-7-9(11)13(18(15)19)10(7)12(8)14/h1-5,7-14H/t7?,8?,9-,10+,11+,12-,13?,14?. The van der Waals surface area contributed by atoms with Crippen molar-refractivity contribution >= 4 is 0 Å². The Morgan fingerprint density at radius 3 is 1.62 bits per heavy atom. The first kappa shape index (κ1) is 9.82. The lowest BCUT2D eigenvalue weighted by atomic mass is 9.16. The molecular formula is C16H13N3O2. The maximum Gasteiger partial charge on any atom is 0.352 e. The van der Waals surface area contributed by atoms with Crippen LogP contribution in [0.15, 0.2) is 39.9 Å². The number of aromatic nitrogens is 3. The molecule has 0 saturated heterocycles. The van der Waals surface area contributed by atoms with Crippen molar-refractivity contribution in [2.45, 2.75) is 12.1 Å². The van der Waals surface area contributed by atoms with Crippen LogP contribution < -0.4 is 11.4 Å². The van der Waals surface area contributed by atoms with Crippen molar-refractivity contribution in [1.29, 1.82) is 0 Å². The van der Waals surface area contributed by atoms with Gasteiger partial charge >= 0.3 is 11.4 Å². The van der Waals surface area contributed by atoms with E-state index in [1.165, 1.54) is 4.57 Å². The van der Waals surface area contributed by atoms with Crippen LogP contribution in [-0.4, -0.2) is 13.9 Å². The molecule has 4 fully saturated rings. The van der Waals surface area contributed by atoms with Gasteiger partial charge in [0.1, 0.15) is 0 Å². The monoisotopic (exact) mass is 279 g/mol. The van der Waals surface area contributed by atoms with Crippen LogP contribution in [0.3, 0.4) is 0 Å². The van der Waals surface area contributed by atoms with Crippen LogP contribution in [0, 0.1) is 35.5 Å². The molecule has 8 rings (SSSR count). The van der Waals surface area contributed by atoms with Gasteiger partial charge in [-0.3, -0.25) is 0 Å². The van der Waals surface area contributed by atoms with Gasteiger partial charge in [-0.25, -0.2) is 23.5 Å². The first-order valence-corrected chi connectivity index (χ1v) is 7.82. The van der Waals surface area contributed by atoms with Crippen LogP contribution in [0.2, 0.25) is 0 Å². The lowest BCUT2D eigenvalue weighted by Gasteiger charge is -2.91. The molecule has 3 heterocycles. The minimum Gasteiger partial charge on any atom is -0.245 e. The minimum atomic E-state index is -0.132. The highest BCUT2D eigenvalue weighted by molar-refractivity contribution is 5.38. The van der Waals surface area contributed by atoms with Crippen molar-refractivity contribution in [3.8, 4) is 5.69 Å². The van der Waals surface area contributed by atoms with E-state index >= 15 is 0 Å². The average Bonchev–Trinajstić information content (AvgIpc) is 2.71. The van der Waals surface area contributed by atoms with E-state index in [0.717, 1.165) is 11.8 Å².